The highest BCUT2D eigenvalue weighted by Gasteiger charge is 2.21. The summed E-state index contributed by atoms with van der Waals surface area (Å²) >= 11 is 0. The van der Waals surface area contributed by atoms with Gasteiger partial charge in [-0.1, -0.05) is 121 Å². The Labute approximate surface area is 220 Å². The molecule has 6 aromatic carbocycles. The fraction of sp³-hybridized carbons (Fsp3) is 0. The monoisotopic (exact) mass is 484 g/mol. The number of rotatable bonds is 3. The van der Waals surface area contributed by atoms with Gasteiger partial charge in [0.2, 0.25) is 0 Å². The molecule has 2 heterocycles. The van der Waals surface area contributed by atoms with Crippen LogP contribution in [0.2, 0.25) is 0 Å². The Kier molecular flexibility index (Phi) is 4.55. The van der Waals surface area contributed by atoms with Crippen molar-refractivity contribution in [2.75, 3.05) is 0 Å². The first kappa shape index (κ1) is 21.0. The van der Waals surface area contributed by atoms with Crippen LogP contribution in [0.25, 0.3) is 71.6 Å². The second-order valence-electron chi connectivity index (χ2n) is 9.84. The second kappa shape index (κ2) is 8.22. The molecule has 0 amide bonds. The molecule has 0 spiro atoms. The summed E-state index contributed by atoms with van der Waals surface area (Å²) in [5, 5.41) is 5.01. The predicted octanol–water partition coefficient (Wildman–Crippen LogP) is 9.75. The lowest BCUT2D eigenvalue weighted by Crippen LogP contribution is -1.99. The van der Waals surface area contributed by atoms with Gasteiger partial charge in [0.1, 0.15) is 0 Å². The molecule has 2 aromatic heterocycles. The van der Waals surface area contributed by atoms with Gasteiger partial charge in [0, 0.05) is 32.6 Å². The molecule has 38 heavy (non-hydrogen) atoms. The van der Waals surface area contributed by atoms with Gasteiger partial charge >= 0.3 is 0 Å². The number of H-pyrrole nitrogens is 1. The van der Waals surface area contributed by atoms with Crippen molar-refractivity contribution in [2.24, 2.45) is 0 Å². The Hall–Kier alpha value is -5.08. The molecule has 0 aliphatic carbocycles. The zero-order valence-electron chi connectivity index (χ0n) is 20.7. The molecule has 0 unspecified atom stereocenters. The molecule has 0 saturated heterocycles. The topological polar surface area (TPSA) is 20.7 Å². The van der Waals surface area contributed by atoms with E-state index in [0.29, 0.717) is 0 Å². The maximum atomic E-state index is 3.78. The van der Waals surface area contributed by atoms with Gasteiger partial charge < -0.3 is 9.55 Å². The molecule has 2 heteroatoms. The Morgan fingerprint density at radius 1 is 0.447 bits per heavy atom. The first-order chi connectivity index (χ1) is 18.9. The fourth-order valence-electron chi connectivity index (χ4n) is 6.11. The van der Waals surface area contributed by atoms with Gasteiger partial charge in [0.15, 0.2) is 0 Å². The fourth-order valence-corrected chi connectivity index (χ4v) is 6.11. The zero-order valence-corrected chi connectivity index (χ0v) is 20.7. The lowest BCUT2D eigenvalue weighted by atomic mass is 9.93. The molecule has 0 atom stereocenters. The summed E-state index contributed by atoms with van der Waals surface area (Å²) in [6, 6.07) is 50.1. The smallest absolute Gasteiger partial charge is 0.0783 e. The predicted molar refractivity (Wildman–Crippen MR) is 161 cm³/mol. The van der Waals surface area contributed by atoms with Gasteiger partial charge in [-0.3, -0.25) is 0 Å². The molecule has 8 rings (SSSR count). The molecule has 1 N–H and O–H groups in total. The van der Waals surface area contributed by atoms with Gasteiger partial charge in [-0.05, 0) is 34.9 Å². The van der Waals surface area contributed by atoms with Gasteiger partial charge in [0.05, 0.1) is 22.2 Å². The van der Waals surface area contributed by atoms with Crippen LogP contribution in [0.5, 0.6) is 0 Å². The second-order valence-corrected chi connectivity index (χ2v) is 9.84. The van der Waals surface area contributed by atoms with Crippen LogP contribution in [0.4, 0.5) is 0 Å². The van der Waals surface area contributed by atoms with Crippen molar-refractivity contribution in [3.8, 4) is 27.9 Å². The Morgan fingerprint density at radius 2 is 1.11 bits per heavy atom. The van der Waals surface area contributed by atoms with E-state index in [9.17, 15) is 0 Å². The van der Waals surface area contributed by atoms with Crippen molar-refractivity contribution in [3.63, 3.8) is 0 Å². The summed E-state index contributed by atoms with van der Waals surface area (Å²) in [6.07, 6.45) is 0. The van der Waals surface area contributed by atoms with E-state index in [2.05, 4.69) is 149 Å². The van der Waals surface area contributed by atoms with Crippen molar-refractivity contribution in [2.45, 2.75) is 0 Å². The Morgan fingerprint density at radius 3 is 1.92 bits per heavy atom. The van der Waals surface area contributed by atoms with Crippen molar-refractivity contribution in [3.05, 3.63) is 140 Å². The van der Waals surface area contributed by atoms with Crippen molar-refractivity contribution in [1.29, 1.82) is 0 Å². The first-order valence-electron chi connectivity index (χ1n) is 13.1. The van der Waals surface area contributed by atoms with Crippen LogP contribution in [0.1, 0.15) is 0 Å². The molecular weight excluding hydrogens is 460 g/mol. The van der Waals surface area contributed by atoms with Gasteiger partial charge in [-0.25, -0.2) is 0 Å². The molecular formula is C36H24N2. The first-order valence-corrected chi connectivity index (χ1v) is 13.1. The molecule has 8 aromatic rings. The van der Waals surface area contributed by atoms with Crippen LogP contribution < -0.4 is 0 Å². The largest absolute Gasteiger partial charge is 0.353 e. The number of nitrogens with one attached hydrogen (secondary N) is 1. The molecule has 2 nitrogen and oxygen atoms in total. The Balaban J connectivity index is 1.58. The van der Waals surface area contributed by atoms with Crippen LogP contribution >= 0.6 is 0 Å². The number of para-hydroxylation sites is 2. The number of aromatic nitrogens is 2. The van der Waals surface area contributed by atoms with Crippen LogP contribution in [-0.4, -0.2) is 9.55 Å². The normalized spacial score (nSPS) is 11.7. The number of hydrogen-bond acceptors (Lipinski definition) is 0. The molecule has 0 radical (unpaired) electrons. The molecule has 0 aliphatic rings. The summed E-state index contributed by atoms with van der Waals surface area (Å²) in [7, 11) is 0. The van der Waals surface area contributed by atoms with Crippen LogP contribution in [-0.2, 0) is 0 Å². The maximum Gasteiger partial charge on any atom is 0.0783 e. The number of nitrogens with zero attached hydrogens (tertiary/aromatic N) is 1. The number of benzene rings is 6. The van der Waals surface area contributed by atoms with Crippen LogP contribution in [0.15, 0.2) is 140 Å². The summed E-state index contributed by atoms with van der Waals surface area (Å²) in [4.78, 5) is 3.78. The molecule has 0 bridgehead atoms. The standard InChI is InChI=1S/C36H24N2/c1-3-12-24(13-4-1)26-18-11-21-33(34(26)25-14-5-2-6-15-25)38-32-20-10-8-17-28(32)30-23-22-29-27-16-7-9-19-31(27)37-35(29)36(30)38/h1-23,37H. The Bertz CT molecular complexity index is 2110. The zero-order chi connectivity index (χ0) is 25.1. The molecule has 0 fully saturated rings. The summed E-state index contributed by atoms with van der Waals surface area (Å²) < 4.78 is 2.47. The third-order valence-corrected chi connectivity index (χ3v) is 7.74. The van der Waals surface area contributed by atoms with E-state index in [0.717, 1.165) is 5.52 Å². The summed E-state index contributed by atoms with van der Waals surface area (Å²) in [5.41, 5.74) is 10.8. The van der Waals surface area contributed by atoms with Crippen molar-refractivity contribution in [1.82, 2.24) is 9.55 Å². The molecule has 178 valence electrons. The van der Waals surface area contributed by atoms with Gasteiger partial charge in [-0.15, -0.1) is 0 Å². The van der Waals surface area contributed by atoms with E-state index >= 15 is 0 Å². The van der Waals surface area contributed by atoms with Crippen LogP contribution in [0, 0.1) is 0 Å². The highest BCUT2D eigenvalue weighted by molar-refractivity contribution is 6.23. The van der Waals surface area contributed by atoms with E-state index < -0.39 is 0 Å². The van der Waals surface area contributed by atoms with Crippen molar-refractivity contribution < 1.29 is 0 Å². The number of fused-ring (bicyclic) bond motifs is 7. The highest BCUT2D eigenvalue weighted by atomic mass is 15.0. The molecule has 0 saturated carbocycles. The van der Waals surface area contributed by atoms with E-state index in [1.54, 1.807) is 0 Å². The highest BCUT2D eigenvalue weighted by Crippen LogP contribution is 2.43. The summed E-state index contributed by atoms with van der Waals surface area (Å²) in [5.74, 6) is 0. The lowest BCUT2D eigenvalue weighted by Gasteiger charge is -2.18. The van der Waals surface area contributed by atoms with Crippen molar-refractivity contribution >= 4 is 43.6 Å². The quantitative estimate of drug-likeness (QED) is 0.258. The minimum atomic E-state index is 1.16. The minimum absolute atomic E-state index is 1.16. The maximum absolute atomic E-state index is 3.78. The minimum Gasteiger partial charge on any atom is -0.353 e. The lowest BCUT2D eigenvalue weighted by molar-refractivity contribution is 1.18. The average molecular weight is 485 g/mol. The summed E-state index contributed by atoms with van der Waals surface area (Å²) in [6.45, 7) is 0. The molecule has 0 aliphatic heterocycles. The third-order valence-electron chi connectivity index (χ3n) is 7.74. The van der Waals surface area contributed by atoms with E-state index in [-0.39, 0.29) is 0 Å². The van der Waals surface area contributed by atoms with Gasteiger partial charge in [-0.2, -0.15) is 0 Å². The van der Waals surface area contributed by atoms with E-state index in [1.807, 2.05) is 0 Å². The number of hydrogen-bond donors (Lipinski definition) is 1. The number of aromatic amines is 1. The van der Waals surface area contributed by atoms with E-state index in [1.165, 1.54) is 66.0 Å². The van der Waals surface area contributed by atoms with E-state index in [4.69, 9.17) is 0 Å². The van der Waals surface area contributed by atoms with Gasteiger partial charge in [0.25, 0.3) is 0 Å². The third kappa shape index (κ3) is 3.01. The average Bonchev–Trinajstić information content (AvgIpc) is 3.54. The SMILES string of the molecule is c1ccc(-c2cccc(-n3c4ccccc4c4ccc5c6ccccc6[nH]c5c43)c2-c2ccccc2)cc1. The van der Waals surface area contributed by atoms with Crippen LogP contribution in [0.3, 0.4) is 0 Å².